The molecule has 0 saturated heterocycles. The van der Waals surface area contributed by atoms with Crippen molar-refractivity contribution in [3.05, 3.63) is 46.4 Å². The standard InChI is InChI=1S/C13H18N2S/c1-2-14-10-12-5-7-15(11-12)8-6-13-4-3-9-16-13/h3-5,7,9,11,14H,2,6,8,10H2,1H3. The number of nitrogens with one attached hydrogen (secondary N) is 1. The van der Waals surface area contributed by atoms with E-state index < -0.39 is 0 Å². The van der Waals surface area contributed by atoms with Crippen molar-refractivity contribution in [1.82, 2.24) is 9.88 Å². The van der Waals surface area contributed by atoms with E-state index in [2.05, 4.69) is 52.8 Å². The molecule has 0 radical (unpaired) electrons. The molecule has 0 aliphatic rings. The molecule has 2 nitrogen and oxygen atoms in total. The van der Waals surface area contributed by atoms with Gasteiger partial charge in [-0.25, -0.2) is 0 Å². The van der Waals surface area contributed by atoms with Gasteiger partial charge in [-0.3, -0.25) is 0 Å². The zero-order chi connectivity index (χ0) is 11.2. The molecule has 1 N–H and O–H groups in total. The number of aromatic nitrogens is 1. The minimum atomic E-state index is 0.975. The van der Waals surface area contributed by atoms with Crippen LogP contribution in [0.3, 0.4) is 0 Å². The van der Waals surface area contributed by atoms with Gasteiger partial charge >= 0.3 is 0 Å². The molecule has 0 amide bonds. The maximum atomic E-state index is 3.34. The summed E-state index contributed by atoms with van der Waals surface area (Å²) in [6.45, 7) is 5.21. The first kappa shape index (κ1) is 11.4. The zero-order valence-electron chi connectivity index (χ0n) is 9.65. The summed E-state index contributed by atoms with van der Waals surface area (Å²) in [5, 5.41) is 5.48. The van der Waals surface area contributed by atoms with Gasteiger partial charge in [0.1, 0.15) is 0 Å². The highest BCUT2D eigenvalue weighted by atomic mass is 32.1. The van der Waals surface area contributed by atoms with Crippen LogP contribution in [0.15, 0.2) is 36.0 Å². The molecule has 3 heteroatoms. The summed E-state index contributed by atoms with van der Waals surface area (Å²) in [4.78, 5) is 1.46. The lowest BCUT2D eigenvalue weighted by atomic mass is 10.3. The molecule has 0 aliphatic heterocycles. The second-order valence-corrected chi connectivity index (χ2v) is 4.90. The third-order valence-electron chi connectivity index (χ3n) is 2.59. The average molecular weight is 234 g/mol. The first-order chi connectivity index (χ1) is 7.88. The van der Waals surface area contributed by atoms with Crippen molar-refractivity contribution in [2.24, 2.45) is 0 Å². The molecular weight excluding hydrogens is 216 g/mol. The fraction of sp³-hybridized carbons (Fsp3) is 0.385. The highest BCUT2D eigenvalue weighted by molar-refractivity contribution is 7.09. The Kier molecular flexibility index (Phi) is 4.19. The van der Waals surface area contributed by atoms with Gasteiger partial charge in [0.2, 0.25) is 0 Å². The maximum Gasteiger partial charge on any atom is 0.0268 e. The quantitative estimate of drug-likeness (QED) is 0.813. The minimum Gasteiger partial charge on any atom is -0.354 e. The van der Waals surface area contributed by atoms with Crippen LogP contribution >= 0.6 is 11.3 Å². The largest absolute Gasteiger partial charge is 0.354 e. The van der Waals surface area contributed by atoms with Crippen molar-refractivity contribution in [3.63, 3.8) is 0 Å². The zero-order valence-corrected chi connectivity index (χ0v) is 10.5. The molecule has 0 atom stereocenters. The van der Waals surface area contributed by atoms with E-state index in [1.807, 2.05) is 11.3 Å². The molecule has 0 aromatic carbocycles. The van der Waals surface area contributed by atoms with Gasteiger partial charge in [-0.15, -0.1) is 11.3 Å². The molecule has 0 unspecified atom stereocenters. The predicted octanol–water partition coefficient (Wildman–Crippen LogP) is 2.90. The summed E-state index contributed by atoms with van der Waals surface area (Å²) in [5.41, 5.74) is 1.37. The van der Waals surface area contributed by atoms with Gasteiger partial charge in [0.15, 0.2) is 0 Å². The van der Waals surface area contributed by atoms with Crippen LogP contribution in [0.25, 0.3) is 0 Å². The fourth-order valence-corrected chi connectivity index (χ4v) is 2.40. The summed E-state index contributed by atoms with van der Waals surface area (Å²) in [7, 11) is 0. The summed E-state index contributed by atoms with van der Waals surface area (Å²) >= 11 is 1.84. The van der Waals surface area contributed by atoms with Gasteiger partial charge < -0.3 is 9.88 Å². The molecule has 2 heterocycles. The minimum absolute atomic E-state index is 0.975. The average Bonchev–Trinajstić information content (AvgIpc) is 2.95. The first-order valence-corrected chi connectivity index (χ1v) is 6.64. The molecule has 2 rings (SSSR count). The summed E-state index contributed by atoms with van der Waals surface area (Å²) in [6, 6.07) is 6.51. The number of aryl methyl sites for hydroxylation is 2. The lowest BCUT2D eigenvalue weighted by molar-refractivity contribution is 0.693. The van der Waals surface area contributed by atoms with Crippen LogP contribution in [0.4, 0.5) is 0 Å². The van der Waals surface area contributed by atoms with Crippen LogP contribution in [0.5, 0.6) is 0 Å². The topological polar surface area (TPSA) is 17.0 Å². The van der Waals surface area contributed by atoms with Crippen LogP contribution in [-0.2, 0) is 19.5 Å². The van der Waals surface area contributed by atoms with Crippen molar-refractivity contribution in [3.8, 4) is 0 Å². The SMILES string of the molecule is CCNCc1ccn(CCc2cccs2)c1. The molecule has 0 fully saturated rings. The van der Waals surface area contributed by atoms with E-state index in [9.17, 15) is 0 Å². The molecule has 0 saturated carbocycles. The molecule has 0 bridgehead atoms. The second-order valence-electron chi connectivity index (χ2n) is 3.87. The van der Waals surface area contributed by atoms with Crippen LogP contribution in [0.1, 0.15) is 17.4 Å². The second kappa shape index (κ2) is 5.87. The van der Waals surface area contributed by atoms with Gasteiger partial charge in [0, 0.05) is 30.4 Å². The van der Waals surface area contributed by atoms with E-state index in [1.165, 1.54) is 10.4 Å². The van der Waals surface area contributed by atoms with E-state index in [1.54, 1.807) is 0 Å². The van der Waals surface area contributed by atoms with Gasteiger partial charge in [-0.2, -0.15) is 0 Å². The molecule has 86 valence electrons. The lowest BCUT2D eigenvalue weighted by Gasteiger charge is -2.01. The van der Waals surface area contributed by atoms with E-state index in [0.717, 1.165) is 26.1 Å². The molecule has 0 aliphatic carbocycles. The summed E-state index contributed by atoms with van der Waals surface area (Å²) in [5.74, 6) is 0. The Morgan fingerprint density at radius 2 is 2.31 bits per heavy atom. The van der Waals surface area contributed by atoms with Crippen molar-refractivity contribution < 1.29 is 0 Å². The van der Waals surface area contributed by atoms with Gasteiger partial charge in [-0.1, -0.05) is 13.0 Å². The smallest absolute Gasteiger partial charge is 0.0268 e. The predicted molar refractivity (Wildman–Crippen MR) is 69.8 cm³/mol. The normalized spacial score (nSPS) is 10.8. The van der Waals surface area contributed by atoms with E-state index in [4.69, 9.17) is 0 Å². The van der Waals surface area contributed by atoms with Crippen LogP contribution in [-0.4, -0.2) is 11.1 Å². The van der Waals surface area contributed by atoms with Gasteiger partial charge in [0.25, 0.3) is 0 Å². The van der Waals surface area contributed by atoms with E-state index >= 15 is 0 Å². The summed E-state index contributed by atoms with van der Waals surface area (Å²) < 4.78 is 2.27. The number of thiophene rings is 1. The van der Waals surface area contributed by atoms with Crippen LogP contribution < -0.4 is 5.32 Å². The maximum absolute atomic E-state index is 3.34. The van der Waals surface area contributed by atoms with Crippen molar-refractivity contribution in [1.29, 1.82) is 0 Å². The number of hydrogen-bond donors (Lipinski definition) is 1. The number of rotatable bonds is 6. The third kappa shape index (κ3) is 3.22. The molecule has 2 aromatic rings. The Morgan fingerprint density at radius 3 is 3.06 bits per heavy atom. The van der Waals surface area contributed by atoms with Gasteiger partial charge in [0.05, 0.1) is 0 Å². The fourth-order valence-electron chi connectivity index (χ4n) is 1.70. The van der Waals surface area contributed by atoms with E-state index in [0.29, 0.717) is 0 Å². The monoisotopic (exact) mass is 234 g/mol. The Balaban J connectivity index is 1.83. The Bertz CT molecular complexity index is 403. The highest BCUT2D eigenvalue weighted by Gasteiger charge is 1.98. The van der Waals surface area contributed by atoms with Crippen molar-refractivity contribution in [2.75, 3.05) is 6.54 Å². The lowest BCUT2D eigenvalue weighted by Crippen LogP contribution is -2.11. The number of hydrogen-bond acceptors (Lipinski definition) is 2. The van der Waals surface area contributed by atoms with Crippen molar-refractivity contribution >= 4 is 11.3 Å². The van der Waals surface area contributed by atoms with Crippen LogP contribution in [0.2, 0.25) is 0 Å². The van der Waals surface area contributed by atoms with Crippen LogP contribution in [0, 0.1) is 0 Å². The number of nitrogens with zero attached hydrogens (tertiary/aromatic N) is 1. The Morgan fingerprint density at radius 1 is 1.38 bits per heavy atom. The van der Waals surface area contributed by atoms with E-state index in [-0.39, 0.29) is 0 Å². The highest BCUT2D eigenvalue weighted by Crippen LogP contribution is 2.10. The first-order valence-electron chi connectivity index (χ1n) is 5.76. The molecule has 2 aromatic heterocycles. The Hall–Kier alpha value is -1.06. The van der Waals surface area contributed by atoms with Crippen molar-refractivity contribution in [2.45, 2.75) is 26.4 Å². The molecular formula is C13H18N2S. The molecule has 16 heavy (non-hydrogen) atoms. The van der Waals surface area contributed by atoms with Gasteiger partial charge in [-0.05, 0) is 36.0 Å². The summed E-state index contributed by atoms with van der Waals surface area (Å²) in [6.07, 6.45) is 5.53. The Labute approximate surface area is 101 Å². The third-order valence-corrected chi connectivity index (χ3v) is 3.52. The molecule has 0 spiro atoms.